The molecule has 0 aliphatic carbocycles. The number of hydrogen-bond acceptors (Lipinski definition) is 3. The van der Waals surface area contributed by atoms with Gasteiger partial charge in [0.25, 0.3) is 0 Å². The van der Waals surface area contributed by atoms with E-state index in [-0.39, 0.29) is 0 Å². The van der Waals surface area contributed by atoms with Crippen molar-refractivity contribution in [1.82, 2.24) is 0 Å². The molecule has 7 heavy (non-hydrogen) atoms. The molecule has 7 heteroatoms. The second kappa shape index (κ2) is 10.8. The average molecular weight is 158 g/mol. The molecule has 0 heterocycles. The predicted molar refractivity (Wildman–Crippen MR) is 28.6 cm³/mol. The fraction of sp³-hybridized carbons (Fsp3) is 0. The van der Waals surface area contributed by atoms with Crippen molar-refractivity contribution in [3.8, 4) is 0 Å². The van der Waals surface area contributed by atoms with Crippen LogP contribution in [0.2, 0.25) is 0 Å². The van der Waals surface area contributed by atoms with E-state index < -0.39 is 19.5 Å². The second-order valence-electron chi connectivity index (χ2n) is 0.272. The molecule has 3 nitrogen and oxygen atoms in total. The molecule has 0 spiro atoms. The van der Waals surface area contributed by atoms with Crippen LogP contribution in [0.25, 0.3) is 0 Å². The Labute approximate surface area is 74.2 Å². The molecule has 32 valence electrons. The molecule has 0 rings (SSSR count). The summed E-state index contributed by atoms with van der Waals surface area (Å²) in [4.78, 5) is 0. The van der Waals surface area contributed by atoms with Gasteiger partial charge in [0.15, 0.2) is 0 Å². The van der Waals surface area contributed by atoms with E-state index in [1.807, 2.05) is 0 Å². The van der Waals surface area contributed by atoms with E-state index in [2.05, 4.69) is 0 Å². The third kappa shape index (κ3) is 18.1. The van der Waals surface area contributed by atoms with Gasteiger partial charge in [-0.25, -0.2) is 0 Å². The van der Waals surface area contributed by atoms with Crippen molar-refractivity contribution >= 4 is 63.1 Å². The third-order valence-corrected chi connectivity index (χ3v) is 0.500. The molecule has 0 fully saturated rings. The molecule has 0 aromatic rings. The van der Waals surface area contributed by atoms with Crippen LogP contribution in [0, 0.1) is 0 Å². The molecule has 0 aliphatic heterocycles. The maximum absolute atomic E-state index is 9.02. The van der Waals surface area contributed by atoms with Crippen LogP contribution in [-0.4, -0.2) is 56.2 Å². The van der Waals surface area contributed by atoms with Crippen LogP contribution in [0.3, 0.4) is 0 Å². The van der Waals surface area contributed by atoms with Crippen molar-refractivity contribution in [2.45, 2.75) is 0 Å². The molecule has 0 bridgehead atoms. The molecule has 0 aromatic carbocycles. The van der Waals surface area contributed by atoms with Gasteiger partial charge in [0, 0.05) is 0 Å². The van der Waals surface area contributed by atoms with Gasteiger partial charge in [-0.05, 0) is 0 Å². The normalized spacial score (nSPS) is 5.71. The van der Waals surface area contributed by atoms with Crippen LogP contribution in [0.5, 0.6) is 0 Å². The quantitative estimate of drug-likeness (QED) is 0.392. The van der Waals surface area contributed by atoms with Crippen molar-refractivity contribution in [2.75, 3.05) is 0 Å². The monoisotopic (exact) mass is 158 g/mol. The Morgan fingerprint density at radius 1 is 1.29 bits per heavy atom. The Balaban J connectivity index is 0. The summed E-state index contributed by atoms with van der Waals surface area (Å²) in [6, 6.07) is 0. The Hall–Kier alpha value is 1.84. The molecule has 0 saturated carbocycles. The summed E-state index contributed by atoms with van der Waals surface area (Å²) >= 11 is 2.89. The Bertz CT molecular complexity index is 142. The van der Waals surface area contributed by atoms with E-state index in [1.165, 1.54) is 43.6 Å². The fourth-order valence-electron chi connectivity index (χ4n) is 0. The first kappa shape index (κ1) is 11.6. The van der Waals surface area contributed by atoms with Gasteiger partial charge in [0.05, 0.1) is 0 Å². The van der Waals surface area contributed by atoms with E-state index in [9.17, 15) is 0 Å². The van der Waals surface area contributed by atoms with E-state index in [4.69, 9.17) is 12.6 Å². The summed E-state index contributed by atoms with van der Waals surface area (Å²) in [6.07, 6.45) is 0. The van der Waals surface area contributed by atoms with E-state index in [0.717, 1.165) is 0 Å². The second-order valence-corrected chi connectivity index (χ2v) is 2.04. The zero-order valence-corrected chi connectivity index (χ0v) is 9.67. The van der Waals surface area contributed by atoms with Gasteiger partial charge in [-0.15, -0.1) is 0 Å². The van der Waals surface area contributed by atoms with E-state index in [1.54, 1.807) is 0 Å². The first-order valence-electron chi connectivity index (χ1n) is 1.67. The molecule has 0 aromatic heterocycles. The van der Waals surface area contributed by atoms with Crippen molar-refractivity contribution in [2.24, 2.45) is 0 Å². The number of rotatable bonds is 0. The van der Waals surface area contributed by atoms with Gasteiger partial charge in [-0.1, -0.05) is 0 Å². The van der Waals surface area contributed by atoms with Crippen LogP contribution >= 0.6 is 0 Å². The summed E-state index contributed by atoms with van der Waals surface area (Å²) in [5.74, 6) is 0. The molecular formula is Na2O3S2. The van der Waals surface area contributed by atoms with Gasteiger partial charge in [-0.2, -0.15) is 12.6 Å². The van der Waals surface area contributed by atoms with Crippen LogP contribution in [0.15, 0.2) is 0 Å². The van der Waals surface area contributed by atoms with Crippen molar-refractivity contribution in [1.29, 1.82) is 0 Å². The van der Waals surface area contributed by atoms with Gasteiger partial charge in [0.2, 0.25) is 10.2 Å². The Kier molecular flexibility index (Phi) is 17.8. The molecular weight excluding hydrogens is 158 g/mol. The molecule has 0 atom stereocenters. The molecule has 0 aliphatic rings. The van der Waals surface area contributed by atoms with Gasteiger partial charge >= 0.3 is 52.9 Å². The molecule has 0 saturated heterocycles. The standard InChI is InChI=1S/2Na.O3S2/c;;1-4-5(2)3. The van der Waals surface area contributed by atoms with Crippen LogP contribution in [0.4, 0.5) is 0 Å². The molecule has 0 radical (unpaired) electrons. The summed E-state index contributed by atoms with van der Waals surface area (Å²) in [5.41, 5.74) is 0. The van der Waals surface area contributed by atoms with Crippen LogP contribution in [-0.2, 0) is 19.5 Å². The van der Waals surface area contributed by atoms with Crippen LogP contribution in [0.1, 0.15) is 0 Å². The van der Waals surface area contributed by atoms with Crippen molar-refractivity contribution in [3.05, 3.63) is 0 Å². The summed E-state index contributed by atoms with van der Waals surface area (Å²) in [7, 11) is -2.92. The van der Waals surface area contributed by atoms with Gasteiger partial charge in [-0.3, -0.25) is 0 Å². The predicted octanol–water partition coefficient (Wildman–Crippen LogP) is -1.77. The minimum absolute atomic E-state index is 0.454. The first-order valence-corrected chi connectivity index (χ1v) is 12.0. The Morgan fingerprint density at radius 3 is 1.43 bits per heavy atom. The van der Waals surface area contributed by atoms with Gasteiger partial charge in [0.1, 0.15) is 0 Å². The third-order valence-electron chi connectivity index (χ3n) is 0.0556. The first-order chi connectivity index (χ1) is 3.27. The minimum atomic E-state index is -2.46. The summed E-state index contributed by atoms with van der Waals surface area (Å²) in [6.45, 7) is 0. The maximum atomic E-state index is 9.02. The van der Waals surface area contributed by atoms with Crippen molar-refractivity contribution in [3.63, 3.8) is 0 Å². The van der Waals surface area contributed by atoms with Gasteiger partial charge < -0.3 is 0 Å². The van der Waals surface area contributed by atoms with E-state index in [0.29, 0.717) is 0 Å². The zero-order valence-electron chi connectivity index (χ0n) is 4.04. The SMILES string of the molecule is O=S=S(=O)=O.[Na][Na]. The molecule has 0 N–H and O–H groups in total. The van der Waals surface area contributed by atoms with Crippen LogP contribution < -0.4 is 0 Å². The number of hydrogen-bond donors (Lipinski definition) is 0. The average Bonchev–Trinajstić information content (AvgIpc) is 1.73. The zero-order chi connectivity index (χ0) is 6.28. The van der Waals surface area contributed by atoms with Crippen molar-refractivity contribution < 1.29 is 12.6 Å². The molecule has 0 amide bonds. The Morgan fingerprint density at radius 2 is 1.43 bits per heavy atom. The summed E-state index contributed by atoms with van der Waals surface area (Å²) < 4.78 is 27.0. The molecule has 0 unspecified atom stereocenters. The topological polar surface area (TPSA) is 51.2 Å². The van der Waals surface area contributed by atoms with E-state index >= 15 is 0 Å². The fourth-order valence-corrected chi connectivity index (χ4v) is 0. The summed E-state index contributed by atoms with van der Waals surface area (Å²) in [5, 5.41) is 0.